The zero-order chi connectivity index (χ0) is 24.7. The van der Waals surface area contributed by atoms with Gasteiger partial charge in [-0.25, -0.2) is 12.8 Å². The van der Waals surface area contributed by atoms with Gasteiger partial charge in [0.05, 0.1) is 21.7 Å². The second kappa shape index (κ2) is 11.5. The number of hydrogen-bond acceptors (Lipinski definition) is 5. The highest BCUT2D eigenvalue weighted by Gasteiger charge is 2.22. The van der Waals surface area contributed by atoms with Crippen molar-refractivity contribution in [3.05, 3.63) is 84.0 Å². The van der Waals surface area contributed by atoms with E-state index in [0.29, 0.717) is 34.8 Å². The fraction of sp³-hybridized carbons (Fsp3) is 0.250. The largest absolute Gasteiger partial charge is 0.380 e. The van der Waals surface area contributed by atoms with Crippen LogP contribution < -0.4 is 4.80 Å². The van der Waals surface area contributed by atoms with Crippen molar-refractivity contribution in [2.45, 2.75) is 18.4 Å². The van der Waals surface area contributed by atoms with Crippen LogP contribution in [0.15, 0.2) is 77.7 Å². The smallest absolute Gasteiger partial charge is 0.279 e. The molecule has 0 aliphatic carbocycles. The number of thiazole rings is 1. The number of nitrogens with zero attached hydrogens (tertiary/aromatic N) is 3. The minimum Gasteiger partial charge on any atom is -0.380 e. The highest BCUT2D eigenvalue weighted by Crippen LogP contribution is 2.21. The number of ether oxygens (including phenoxy) is 1. The number of sulfonamides is 1. The molecule has 1 amide bonds. The Morgan fingerprint density at radius 3 is 2.47 bits per heavy atom. The van der Waals surface area contributed by atoms with E-state index in [2.05, 4.69) is 18.2 Å². The van der Waals surface area contributed by atoms with Crippen LogP contribution in [0.5, 0.6) is 0 Å². The second-order valence-electron chi connectivity index (χ2n) is 7.16. The third kappa shape index (κ3) is 5.58. The van der Waals surface area contributed by atoms with Gasteiger partial charge in [0.15, 0.2) is 4.80 Å². The molecule has 0 atom stereocenters. The number of rotatable bonds is 11. The van der Waals surface area contributed by atoms with Gasteiger partial charge in [0.2, 0.25) is 10.0 Å². The summed E-state index contributed by atoms with van der Waals surface area (Å²) in [6, 6.07) is 10.3. The van der Waals surface area contributed by atoms with Gasteiger partial charge in [-0.2, -0.15) is 9.30 Å². The average Bonchev–Trinajstić information content (AvgIpc) is 3.17. The van der Waals surface area contributed by atoms with Gasteiger partial charge in [0, 0.05) is 31.8 Å². The highest BCUT2D eigenvalue weighted by atomic mass is 32.2. The predicted octanol–water partition coefficient (Wildman–Crippen LogP) is 3.98. The quantitative estimate of drug-likeness (QED) is 0.293. The fourth-order valence-corrected chi connectivity index (χ4v) is 5.76. The van der Waals surface area contributed by atoms with Crippen molar-refractivity contribution in [1.29, 1.82) is 0 Å². The van der Waals surface area contributed by atoms with Crippen LogP contribution in [0.4, 0.5) is 4.39 Å². The van der Waals surface area contributed by atoms with Crippen LogP contribution in [0.25, 0.3) is 10.2 Å². The van der Waals surface area contributed by atoms with Crippen LogP contribution >= 0.6 is 11.3 Å². The summed E-state index contributed by atoms with van der Waals surface area (Å²) in [7, 11) is -3.78. The maximum atomic E-state index is 14.5. The van der Waals surface area contributed by atoms with E-state index in [1.54, 1.807) is 16.7 Å². The Balaban J connectivity index is 1.96. The second-order valence-corrected chi connectivity index (χ2v) is 10.1. The summed E-state index contributed by atoms with van der Waals surface area (Å²) in [6.07, 6.45) is 2.99. The molecule has 1 heterocycles. The molecule has 0 fully saturated rings. The van der Waals surface area contributed by atoms with Gasteiger partial charge in [0.1, 0.15) is 5.82 Å². The molecule has 0 unspecified atom stereocenters. The Kier molecular flexibility index (Phi) is 8.67. The van der Waals surface area contributed by atoms with Gasteiger partial charge < -0.3 is 9.30 Å². The van der Waals surface area contributed by atoms with Crippen molar-refractivity contribution in [3.8, 4) is 0 Å². The van der Waals surface area contributed by atoms with Crippen LogP contribution in [0.2, 0.25) is 0 Å². The summed E-state index contributed by atoms with van der Waals surface area (Å²) in [5.41, 5.74) is 0.581. The molecule has 0 aliphatic heterocycles. The SMILES string of the molecule is C=CCN(CC=C)S(=O)(=O)c1ccc(C(=O)N=c2sc3cccc(F)c3n2CCOCC)cc1. The van der Waals surface area contributed by atoms with E-state index in [-0.39, 0.29) is 23.5 Å². The number of benzene rings is 2. The predicted molar refractivity (Wildman–Crippen MR) is 132 cm³/mol. The molecule has 3 aromatic rings. The Morgan fingerprint density at radius 1 is 1.18 bits per heavy atom. The topological polar surface area (TPSA) is 81.0 Å². The molecule has 10 heteroatoms. The van der Waals surface area contributed by atoms with Gasteiger partial charge >= 0.3 is 0 Å². The molecular weight excluding hydrogens is 477 g/mol. The van der Waals surface area contributed by atoms with E-state index in [1.165, 1.54) is 58.1 Å². The lowest BCUT2D eigenvalue weighted by atomic mass is 10.2. The zero-order valence-electron chi connectivity index (χ0n) is 18.8. The van der Waals surface area contributed by atoms with Crippen LogP contribution in [-0.2, 0) is 21.3 Å². The van der Waals surface area contributed by atoms with Gasteiger partial charge in [0.25, 0.3) is 5.91 Å². The van der Waals surface area contributed by atoms with E-state index in [1.807, 2.05) is 6.92 Å². The first-order chi connectivity index (χ1) is 16.3. The van der Waals surface area contributed by atoms with Crippen LogP contribution in [0.1, 0.15) is 17.3 Å². The molecule has 0 bridgehead atoms. The molecule has 1 aromatic heterocycles. The van der Waals surface area contributed by atoms with Gasteiger partial charge in [-0.1, -0.05) is 29.6 Å². The number of para-hydroxylation sites is 1. The van der Waals surface area contributed by atoms with Crippen molar-refractivity contribution in [3.63, 3.8) is 0 Å². The average molecular weight is 504 g/mol. The summed E-state index contributed by atoms with van der Waals surface area (Å²) >= 11 is 1.20. The highest BCUT2D eigenvalue weighted by molar-refractivity contribution is 7.89. The van der Waals surface area contributed by atoms with E-state index in [0.717, 1.165) is 0 Å². The molecule has 0 radical (unpaired) electrons. The third-order valence-corrected chi connectivity index (χ3v) is 7.81. The summed E-state index contributed by atoms with van der Waals surface area (Å²) < 4.78 is 49.1. The molecular formula is C24H26FN3O4S2. The Morgan fingerprint density at radius 2 is 1.85 bits per heavy atom. The van der Waals surface area contributed by atoms with Crippen molar-refractivity contribution in [2.24, 2.45) is 4.99 Å². The third-order valence-electron chi connectivity index (χ3n) is 4.92. The maximum absolute atomic E-state index is 14.5. The summed E-state index contributed by atoms with van der Waals surface area (Å²) in [5.74, 6) is -0.965. The fourth-order valence-electron chi connectivity index (χ4n) is 3.31. The first kappa shape index (κ1) is 25.7. The monoisotopic (exact) mass is 503 g/mol. The van der Waals surface area contributed by atoms with Gasteiger partial charge in [-0.05, 0) is 43.3 Å². The number of halogens is 1. The molecule has 0 saturated heterocycles. The molecule has 2 aromatic carbocycles. The lowest BCUT2D eigenvalue weighted by Gasteiger charge is -2.19. The van der Waals surface area contributed by atoms with Crippen molar-refractivity contribution < 1.29 is 22.3 Å². The first-order valence-electron chi connectivity index (χ1n) is 10.6. The molecule has 0 N–H and O–H groups in total. The van der Waals surface area contributed by atoms with Crippen molar-refractivity contribution in [1.82, 2.24) is 8.87 Å². The van der Waals surface area contributed by atoms with E-state index < -0.39 is 21.7 Å². The minimum absolute atomic E-state index is 0.0449. The van der Waals surface area contributed by atoms with Crippen molar-refractivity contribution in [2.75, 3.05) is 26.3 Å². The Hall–Kier alpha value is -2.92. The zero-order valence-corrected chi connectivity index (χ0v) is 20.4. The molecule has 180 valence electrons. The molecule has 34 heavy (non-hydrogen) atoms. The van der Waals surface area contributed by atoms with Crippen LogP contribution in [0, 0.1) is 5.82 Å². The lowest BCUT2D eigenvalue weighted by Crippen LogP contribution is -2.31. The van der Waals surface area contributed by atoms with E-state index in [9.17, 15) is 17.6 Å². The molecule has 0 saturated carbocycles. The summed E-state index contributed by atoms with van der Waals surface area (Å²) in [4.78, 5) is 17.5. The number of fused-ring (bicyclic) bond motifs is 1. The number of carbonyl (C=O) groups is 1. The number of carbonyl (C=O) groups excluding carboxylic acids is 1. The van der Waals surface area contributed by atoms with E-state index in [4.69, 9.17) is 4.74 Å². The molecule has 7 nitrogen and oxygen atoms in total. The van der Waals surface area contributed by atoms with Crippen LogP contribution in [0.3, 0.4) is 0 Å². The number of aromatic nitrogens is 1. The molecule has 0 aliphatic rings. The Labute approximate surface area is 202 Å². The minimum atomic E-state index is -3.78. The van der Waals surface area contributed by atoms with Gasteiger partial charge in [-0.15, -0.1) is 13.2 Å². The maximum Gasteiger partial charge on any atom is 0.279 e. The number of hydrogen-bond donors (Lipinski definition) is 0. The number of amides is 1. The molecule has 3 rings (SSSR count). The first-order valence-corrected chi connectivity index (χ1v) is 12.9. The summed E-state index contributed by atoms with van der Waals surface area (Å²) in [5, 5.41) is 0. The normalized spacial score (nSPS) is 12.4. The van der Waals surface area contributed by atoms with E-state index >= 15 is 0 Å². The molecule has 0 spiro atoms. The summed E-state index contributed by atoms with van der Waals surface area (Å²) in [6.45, 7) is 10.5. The van der Waals surface area contributed by atoms with Crippen LogP contribution in [-0.4, -0.2) is 49.5 Å². The van der Waals surface area contributed by atoms with Gasteiger partial charge in [-0.3, -0.25) is 4.79 Å². The standard InChI is InChI=1S/C24H26FN3O4S2/c1-4-14-27(15-5-2)34(30,31)19-12-10-18(11-13-19)23(29)26-24-28(16-17-32-6-3)22-20(25)8-7-9-21(22)33-24/h4-5,7-13H,1-2,6,14-17H2,3H3. The Bertz CT molecular complexity index is 1350. The van der Waals surface area contributed by atoms with Crippen molar-refractivity contribution >= 4 is 37.5 Å². The lowest BCUT2D eigenvalue weighted by molar-refractivity contribution is 0.0996.